The van der Waals surface area contributed by atoms with E-state index in [1.165, 1.54) is 0 Å². The first kappa shape index (κ1) is 3.82. The molecule has 0 fully saturated rings. The second-order valence-electron chi connectivity index (χ2n) is 0.261. The minimum atomic E-state index is -3.42. The molecule has 3 heteroatoms. The standard InChI is InChI=1S/CHF2O/c2-1(3)4/h1H. The van der Waals surface area contributed by atoms with E-state index in [1.807, 2.05) is 0 Å². The van der Waals surface area contributed by atoms with E-state index < -0.39 is 6.61 Å². The maximum atomic E-state index is 9.78. The van der Waals surface area contributed by atoms with Crippen molar-refractivity contribution in [3.63, 3.8) is 0 Å². The van der Waals surface area contributed by atoms with E-state index in [2.05, 4.69) is 0 Å². The van der Waals surface area contributed by atoms with Crippen LogP contribution in [-0.4, -0.2) is 6.61 Å². The largest absolute Gasteiger partial charge is 0.371 e. The third-order valence-corrected chi connectivity index (χ3v) is 0. The average molecular weight is 67.0 g/mol. The topological polar surface area (TPSA) is 19.9 Å². The lowest BCUT2D eigenvalue weighted by Crippen LogP contribution is -1.74. The molecular formula is CHF2O. The van der Waals surface area contributed by atoms with E-state index in [-0.39, 0.29) is 0 Å². The number of halogens is 2. The van der Waals surface area contributed by atoms with Crippen LogP contribution >= 0.6 is 0 Å². The molecule has 0 rings (SSSR count). The quantitative estimate of drug-likeness (QED) is 0.396. The summed E-state index contributed by atoms with van der Waals surface area (Å²) in [6, 6.07) is 0. The highest BCUT2D eigenvalue weighted by Crippen LogP contribution is 1.79. The summed E-state index contributed by atoms with van der Waals surface area (Å²) in [5.41, 5.74) is 0. The molecule has 0 N–H and O–H groups in total. The zero-order valence-corrected chi connectivity index (χ0v) is 1.74. The summed E-state index contributed by atoms with van der Waals surface area (Å²) in [6.07, 6.45) is 0. The zero-order valence-electron chi connectivity index (χ0n) is 1.74. The van der Waals surface area contributed by atoms with Crippen LogP contribution in [-0.2, 0) is 5.11 Å². The highest BCUT2D eigenvalue weighted by atomic mass is 19.3. The Hall–Kier alpha value is -0.180. The molecule has 0 aliphatic rings. The molecule has 25 valence electrons. The Balaban J connectivity index is 2.32. The summed E-state index contributed by atoms with van der Waals surface area (Å²) in [7, 11) is 0. The van der Waals surface area contributed by atoms with Crippen molar-refractivity contribution >= 4 is 0 Å². The van der Waals surface area contributed by atoms with Gasteiger partial charge in [-0.2, -0.15) is 13.9 Å². The van der Waals surface area contributed by atoms with E-state index in [0.717, 1.165) is 0 Å². The van der Waals surface area contributed by atoms with Gasteiger partial charge in [0.1, 0.15) is 0 Å². The summed E-state index contributed by atoms with van der Waals surface area (Å²) in [5.74, 6) is 0. The first-order chi connectivity index (χ1) is 1.73. The SMILES string of the molecule is [O]C(F)F. The fraction of sp³-hybridized carbons (Fsp3) is 1.00. The zero-order chi connectivity index (χ0) is 3.58. The van der Waals surface area contributed by atoms with Crippen LogP contribution in [0.3, 0.4) is 0 Å². The molecule has 0 spiro atoms. The first-order valence-corrected chi connectivity index (χ1v) is 0.672. The van der Waals surface area contributed by atoms with Crippen molar-refractivity contribution in [2.75, 3.05) is 0 Å². The fourth-order valence-corrected chi connectivity index (χ4v) is 0. The molecule has 0 saturated carbocycles. The Kier molecular flexibility index (Phi) is 1.12. The number of hydrogen-bond donors (Lipinski definition) is 0. The molecule has 0 heterocycles. The molecule has 0 amide bonds. The molecular weight excluding hydrogens is 66.0 g/mol. The maximum absolute atomic E-state index is 9.78. The average Bonchev–Trinajstić information content (AvgIpc) is 0.811. The molecule has 1 nitrogen and oxygen atoms in total. The maximum Gasteiger partial charge on any atom is 0.371 e. The van der Waals surface area contributed by atoms with Crippen molar-refractivity contribution in [1.82, 2.24) is 0 Å². The lowest BCUT2D eigenvalue weighted by molar-refractivity contribution is -0.123. The van der Waals surface area contributed by atoms with Crippen LogP contribution in [0, 0.1) is 0 Å². The van der Waals surface area contributed by atoms with Crippen LogP contribution in [0.2, 0.25) is 0 Å². The first-order valence-electron chi connectivity index (χ1n) is 0.672. The summed E-state index contributed by atoms with van der Waals surface area (Å²) < 4.78 is 19.6. The van der Waals surface area contributed by atoms with Crippen molar-refractivity contribution in [3.05, 3.63) is 0 Å². The lowest BCUT2D eigenvalue weighted by Gasteiger charge is -1.65. The minimum absolute atomic E-state index is 3.42. The summed E-state index contributed by atoms with van der Waals surface area (Å²) in [6.45, 7) is -3.42. The molecule has 0 aliphatic carbocycles. The van der Waals surface area contributed by atoms with Crippen LogP contribution in [0.15, 0.2) is 0 Å². The molecule has 0 bridgehead atoms. The highest BCUT2D eigenvalue weighted by molar-refractivity contribution is 3.80. The number of rotatable bonds is 0. The van der Waals surface area contributed by atoms with Gasteiger partial charge < -0.3 is 0 Å². The van der Waals surface area contributed by atoms with Gasteiger partial charge in [-0.15, -0.1) is 0 Å². The number of hydrogen-bond acceptors (Lipinski definition) is 0. The molecule has 0 aromatic rings. The molecule has 0 aromatic heterocycles. The van der Waals surface area contributed by atoms with E-state index in [0.29, 0.717) is 0 Å². The Bertz CT molecular complexity index is 10.8. The van der Waals surface area contributed by atoms with Crippen molar-refractivity contribution in [2.45, 2.75) is 6.61 Å². The van der Waals surface area contributed by atoms with Gasteiger partial charge in [-0.25, -0.2) is 0 Å². The van der Waals surface area contributed by atoms with Gasteiger partial charge in [-0.05, 0) is 0 Å². The van der Waals surface area contributed by atoms with Crippen LogP contribution in [0.4, 0.5) is 8.78 Å². The van der Waals surface area contributed by atoms with Crippen LogP contribution in [0.1, 0.15) is 0 Å². The predicted octanol–water partition coefficient (Wildman–Crippen LogP) is 0.639. The van der Waals surface area contributed by atoms with E-state index in [1.54, 1.807) is 0 Å². The summed E-state index contributed by atoms with van der Waals surface area (Å²) in [5, 5.41) is 8.19. The van der Waals surface area contributed by atoms with Gasteiger partial charge in [0.2, 0.25) is 0 Å². The number of alkyl halides is 2. The molecule has 0 atom stereocenters. The van der Waals surface area contributed by atoms with Crippen LogP contribution < -0.4 is 0 Å². The van der Waals surface area contributed by atoms with Crippen molar-refractivity contribution in [2.24, 2.45) is 0 Å². The van der Waals surface area contributed by atoms with Gasteiger partial charge >= 0.3 is 6.61 Å². The van der Waals surface area contributed by atoms with Gasteiger partial charge in [0, 0.05) is 0 Å². The van der Waals surface area contributed by atoms with Gasteiger partial charge in [-0.1, -0.05) is 0 Å². The normalized spacial score (nSPS) is 9.00. The smallest absolute Gasteiger partial charge is 0.176 e. The van der Waals surface area contributed by atoms with Crippen LogP contribution in [0.5, 0.6) is 0 Å². The van der Waals surface area contributed by atoms with E-state index in [9.17, 15) is 8.78 Å². The summed E-state index contributed by atoms with van der Waals surface area (Å²) >= 11 is 0. The fourth-order valence-electron chi connectivity index (χ4n) is 0. The Morgan fingerprint density at radius 1 is 1.50 bits per heavy atom. The predicted molar refractivity (Wildman–Crippen MR) is 6.69 cm³/mol. The van der Waals surface area contributed by atoms with E-state index in [4.69, 9.17) is 5.11 Å². The molecule has 0 unspecified atom stereocenters. The molecule has 0 aliphatic heterocycles. The lowest BCUT2D eigenvalue weighted by atomic mass is 11.5. The Morgan fingerprint density at radius 3 is 1.50 bits per heavy atom. The van der Waals surface area contributed by atoms with E-state index >= 15 is 0 Å². The molecule has 1 radical (unpaired) electrons. The van der Waals surface area contributed by atoms with Crippen molar-refractivity contribution in [1.29, 1.82) is 0 Å². The highest BCUT2D eigenvalue weighted by Gasteiger charge is 1.85. The molecule has 4 heavy (non-hydrogen) atoms. The summed E-state index contributed by atoms with van der Waals surface area (Å²) in [4.78, 5) is 0. The minimum Gasteiger partial charge on any atom is -0.176 e. The molecule has 0 saturated heterocycles. The Labute approximate surface area is 21.9 Å². The second kappa shape index (κ2) is 1.17. The van der Waals surface area contributed by atoms with Crippen molar-refractivity contribution < 1.29 is 13.9 Å². The third kappa shape index (κ3) is 37.8. The van der Waals surface area contributed by atoms with Gasteiger partial charge in [0.25, 0.3) is 0 Å². The van der Waals surface area contributed by atoms with Gasteiger partial charge in [-0.3, -0.25) is 0 Å². The third-order valence-electron chi connectivity index (χ3n) is 0. The molecule has 0 aromatic carbocycles. The van der Waals surface area contributed by atoms with Crippen LogP contribution in [0.25, 0.3) is 0 Å². The Morgan fingerprint density at radius 2 is 1.50 bits per heavy atom. The van der Waals surface area contributed by atoms with Gasteiger partial charge in [0.05, 0.1) is 0 Å². The monoisotopic (exact) mass is 67.0 g/mol. The van der Waals surface area contributed by atoms with Gasteiger partial charge in [0.15, 0.2) is 0 Å². The van der Waals surface area contributed by atoms with Crippen molar-refractivity contribution in [3.8, 4) is 0 Å². The second-order valence-corrected chi connectivity index (χ2v) is 0.261.